The van der Waals surface area contributed by atoms with E-state index in [2.05, 4.69) is 12.1 Å². The van der Waals surface area contributed by atoms with Gasteiger partial charge in [0.05, 0.1) is 35.7 Å². The maximum absolute atomic E-state index is 13.8. The standard InChI is InChI=1S/C34H32FN3O3/c1-3-41-22-21-37(32(39)23-25-13-15-27(16-14-25)26-9-5-4-6-10-26)24(2)33-36-31-12-8-7-11-30(31)34(40)38(33)29-19-17-28(35)18-20-29/h4-20,24H,3,21-23H2,1-2H3. The summed E-state index contributed by atoms with van der Waals surface area (Å²) in [5.41, 5.74) is 3.80. The number of halogens is 1. The Labute approximate surface area is 238 Å². The molecule has 0 bridgehead atoms. The Kier molecular flexibility index (Phi) is 8.65. The van der Waals surface area contributed by atoms with Crippen LogP contribution in [0.4, 0.5) is 4.39 Å². The number of carbonyl (C=O) groups is 1. The van der Waals surface area contributed by atoms with E-state index in [0.717, 1.165) is 16.7 Å². The van der Waals surface area contributed by atoms with Gasteiger partial charge in [-0.15, -0.1) is 0 Å². The number of para-hydroxylation sites is 1. The lowest BCUT2D eigenvalue weighted by atomic mass is 10.0. The molecule has 1 amide bonds. The van der Waals surface area contributed by atoms with Crippen molar-refractivity contribution in [2.75, 3.05) is 19.8 Å². The summed E-state index contributed by atoms with van der Waals surface area (Å²) in [5.74, 6) is -0.126. The first-order valence-corrected chi connectivity index (χ1v) is 13.8. The summed E-state index contributed by atoms with van der Waals surface area (Å²) >= 11 is 0. The Bertz CT molecular complexity index is 1680. The van der Waals surface area contributed by atoms with Gasteiger partial charge in [0, 0.05) is 13.2 Å². The van der Waals surface area contributed by atoms with Crippen molar-refractivity contribution in [3.8, 4) is 16.8 Å². The number of aromatic nitrogens is 2. The third-order valence-corrected chi connectivity index (χ3v) is 7.15. The van der Waals surface area contributed by atoms with Crippen LogP contribution in [0, 0.1) is 5.82 Å². The van der Waals surface area contributed by atoms with E-state index in [1.807, 2.05) is 62.4 Å². The molecule has 1 unspecified atom stereocenters. The summed E-state index contributed by atoms with van der Waals surface area (Å²) in [6.07, 6.45) is 0.180. The minimum Gasteiger partial charge on any atom is -0.380 e. The summed E-state index contributed by atoms with van der Waals surface area (Å²) in [4.78, 5) is 34.1. The Hall–Kier alpha value is -4.62. The molecule has 41 heavy (non-hydrogen) atoms. The third-order valence-electron chi connectivity index (χ3n) is 7.15. The molecule has 4 aromatic carbocycles. The lowest BCUT2D eigenvalue weighted by Gasteiger charge is -2.30. The highest BCUT2D eigenvalue weighted by Gasteiger charge is 2.27. The molecule has 0 aliphatic heterocycles. The van der Waals surface area contributed by atoms with Crippen molar-refractivity contribution in [2.24, 2.45) is 0 Å². The summed E-state index contributed by atoms with van der Waals surface area (Å²) < 4.78 is 20.9. The van der Waals surface area contributed by atoms with Crippen LogP contribution in [0.5, 0.6) is 0 Å². The van der Waals surface area contributed by atoms with Gasteiger partial charge in [0.25, 0.3) is 5.56 Å². The fraction of sp³-hybridized carbons (Fsp3) is 0.206. The monoisotopic (exact) mass is 549 g/mol. The van der Waals surface area contributed by atoms with E-state index < -0.39 is 11.9 Å². The molecule has 208 valence electrons. The molecule has 0 spiro atoms. The molecular formula is C34H32FN3O3. The molecule has 1 heterocycles. The van der Waals surface area contributed by atoms with Crippen molar-refractivity contribution >= 4 is 16.8 Å². The van der Waals surface area contributed by atoms with E-state index in [1.54, 1.807) is 35.2 Å². The van der Waals surface area contributed by atoms with Crippen LogP contribution in [-0.4, -0.2) is 40.1 Å². The lowest BCUT2D eigenvalue weighted by Crippen LogP contribution is -2.40. The summed E-state index contributed by atoms with van der Waals surface area (Å²) in [7, 11) is 0. The van der Waals surface area contributed by atoms with Crippen LogP contribution in [0.1, 0.15) is 31.3 Å². The van der Waals surface area contributed by atoms with Gasteiger partial charge in [0.1, 0.15) is 11.6 Å². The Balaban J connectivity index is 1.51. The first-order chi connectivity index (χ1) is 20.0. The predicted molar refractivity (Wildman–Crippen MR) is 160 cm³/mol. The molecule has 1 atom stereocenters. The molecule has 0 aliphatic carbocycles. The zero-order chi connectivity index (χ0) is 28.8. The second kappa shape index (κ2) is 12.7. The van der Waals surface area contributed by atoms with Crippen molar-refractivity contribution in [3.63, 3.8) is 0 Å². The number of amides is 1. The highest BCUT2D eigenvalue weighted by molar-refractivity contribution is 5.80. The number of carbonyl (C=O) groups excluding carboxylic acids is 1. The third kappa shape index (κ3) is 6.26. The van der Waals surface area contributed by atoms with Crippen LogP contribution in [-0.2, 0) is 16.0 Å². The smallest absolute Gasteiger partial charge is 0.266 e. The maximum atomic E-state index is 13.8. The van der Waals surface area contributed by atoms with Crippen molar-refractivity contribution in [1.82, 2.24) is 14.5 Å². The number of hydrogen-bond donors (Lipinski definition) is 0. The van der Waals surface area contributed by atoms with E-state index in [-0.39, 0.29) is 17.9 Å². The van der Waals surface area contributed by atoms with E-state index in [1.165, 1.54) is 16.7 Å². The largest absolute Gasteiger partial charge is 0.380 e. The first kappa shape index (κ1) is 27.9. The molecule has 6 nitrogen and oxygen atoms in total. The van der Waals surface area contributed by atoms with Gasteiger partial charge in [-0.2, -0.15) is 0 Å². The highest BCUT2D eigenvalue weighted by Crippen LogP contribution is 2.25. The van der Waals surface area contributed by atoms with E-state index in [9.17, 15) is 14.0 Å². The van der Waals surface area contributed by atoms with Crippen LogP contribution < -0.4 is 5.56 Å². The molecule has 5 rings (SSSR count). The second-order valence-corrected chi connectivity index (χ2v) is 9.80. The van der Waals surface area contributed by atoms with Gasteiger partial charge in [-0.1, -0.05) is 66.7 Å². The van der Waals surface area contributed by atoms with Gasteiger partial charge in [0.2, 0.25) is 5.91 Å². The van der Waals surface area contributed by atoms with Crippen molar-refractivity contribution in [2.45, 2.75) is 26.3 Å². The number of hydrogen-bond acceptors (Lipinski definition) is 4. The van der Waals surface area contributed by atoms with Crippen molar-refractivity contribution in [3.05, 3.63) is 131 Å². The fourth-order valence-electron chi connectivity index (χ4n) is 4.97. The lowest BCUT2D eigenvalue weighted by molar-refractivity contribution is -0.133. The molecule has 0 fully saturated rings. The average molecular weight is 550 g/mol. The Morgan fingerprint density at radius 1 is 0.902 bits per heavy atom. The second-order valence-electron chi connectivity index (χ2n) is 9.80. The number of benzene rings is 4. The first-order valence-electron chi connectivity index (χ1n) is 13.8. The van der Waals surface area contributed by atoms with Crippen LogP contribution in [0.15, 0.2) is 108 Å². The number of fused-ring (bicyclic) bond motifs is 1. The van der Waals surface area contributed by atoms with Gasteiger partial charge in [0.15, 0.2) is 0 Å². The molecular weight excluding hydrogens is 517 g/mol. The van der Waals surface area contributed by atoms with Crippen LogP contribution in [0.2, 0.25) is 0 Å². The van der Waals surface area contributed by atoms with Crippen LogP contribution >= 0.6 is 0 Å². The average Bonchev–Trinajstić information content (AvgIpc) is 3.00. The molecule has 0 aliphatic rings. The van der Waals surface area contributed by atoms with Crippen molar-refractivity contribution < 1.29 is 13.9 Å². The molecule has 0 N–H and O–H groups in total. The van der Waals surface area contributed by atoms with Gasteiger partial charge in [-0.3, -0.25) is 14.2 Å². The molecule has 1 aromatic heterocycles. The molecule has 0 radical (unpaired) electrons. The quantitative estimate of drug-likeness (QED) is 0.190. The fourth-order valence-corrected chi connectivity index (χ4v) is 4.97. The van der Waals surface area contributed by atoms with E-state index in [4.69, 9.17) is 9.72 Å². The van der Waals surface area contributed by atoms with Crippen LogP contribution in [0.3, 0.4) is 0 Å². The predicted octanol–water partition coefficient (Wildman–Crippen LogP) is 6.36. The molecule has 0 saturated carbocycles. The molecule has 5 aromatic rings. The summed E-state index contributed by atoms with van der Waals surface area (Å²) in [6, 6.07) is 30.3. The minimum absolute atomic E-state index is 0.113. The SMILES string of the molecule is CCOCCN(C(=O)Cc1ccc(-c2ccccc2)cc1)C(C)c1nc2ccccc2c(=O)n1-c1ccc(F)cc1. The maximum Gasteiger partial charge on any atom is 0.266 e. The Morgan fingerprint density at radius 3 is 2.27 bits per heavy atom. The van der Waals surface area contributed by atoms with E-state index >= 15 is 0 Å². The Morgan fingerprint density at radius 2 is 1.56 bits per heavy atom. The zero-order valence-corrected chi connectivity index (χ0v) is 23.2. The zero-order valence-electron chi connectivity index (χ0n) is 23.2. The number of nitrogens with zero attached hydrogens (tertiary/aromatic N) is 3. The number of rotatable bonds is 10. The summed E-state index contributed by atoms with van der Waals surface area (Å²) in [6.45, 7) is 4.95. The van der Waals surface area contributed by atoms with E-state index in [0.29, 0.717) is 42.2 Å². The van der Waals surface area contributed by atoms with Crippen LogP contribution in [0.25, 0.3) is 27.7 Å². The van der Waals surface area contributed by atoms with Gasteiger partial charge in [-0.25, -0.2) is 9.37 Å². The molecule has 7 heteroatoms. The summed E-state index contributed by atoms with van der Waals surface area (Å²) in [5, 5.41) is 0.443. The highest BCUT2D eigenvalue weighted by atomic mass is 19.1. The normalized spacial score (nSPS) is 11.9. The van der Waals surface area contributed by atoms with Gasteiger partial charge >= 0.3 is 0 Å². The van der Waals surface area contributed by atoms with Crippen molar-refractivity contribution in [1.29, 1.82) is 0 Å². The van der Waals surface area contributed by atoms with Gasteiger partial charge < -0.3 is 9.64 Å². The molecule has 0 saturated heterocycles. The topological polar surface area (TPSA) is 64.4 Å². The van der Waals surface area contributed by atoms with Gasteiger partial charge in [-0.05, 0) is 66.9 Å². The number of ether oxygens (including phenoxy) is 1. The minimum atomic E-state index is -0.575.